The van der Waals surface area contributed by atoms with Gasteiger partial charge in [0.15, 0.2) is 6.10 Å². The van der Waals surface area contributed by atoms with Gasteiger partial charge in [-0.25, -0.2) is 4.79 Å². The number of carbonyl (C=O) groups is 1. The van der Waals surface area contributed by atoms with Crippen molar-refractivity contribution in [3.05, 3.63) is 17.7 Å². The number of carboxylic acids is 1. The van der Waals surface area contributed by atoms with Gasteiger partial charge in [0.2, 0.25) is 6.29 Å². The minimum Gasteiger partial charge on any atom is -0.508 e. The molecule has 6 N–H and O–H groups in total. The lowest BCUT2D eigenvalue weighted by molar-refractivity contribution is -0.271. The molecule has 0 saturated carbocycles. The Labute approximate surface area is 154 Å². The van der Waals surface area contributed by atoms with Crippen molar-refractivity contribution in [2.24, 2.45) is 0 Å². The van der Waals surface area contributed by atoms with Gasteiger partial charge < -0.3 is 44.8 Å². The number of rotatable bonds is 3. The van der Waals surface area contributed by atoms with Crippen LogP contribution in [0, 0.1) is 0 Å². The number of ether oxygens (including phenoxy) is 3. The summed E-state index contributed by atoms with van der Waals surface area (Å²) in [5.41, 5.74) is -0.511. The fourth-order valence-electron chi connectivity index (χ4n) is 3.28. The smallest absolute Gasteiger partial charge is 0.335 e. The van der Waals surface area contributed by atoms with Gasteiger partial charge in [0.25, 0.3) is 0 Å². The number of phenols is 1. The van der Waals surface area contributed by atoms with Gasteiger partial charge in [0, 0.05) is 18.6 Å². The van der Waals surface area contributed by atoms with Crippen LogP contribution in [-0.4, -0.2) is 72.9 Å². The number of aliphatic hydroxyl groups is 4. The normalized spacial score (nSPS) is 35.0. The Morgan fingerprint density at radius 3 is 2.44 bits per heavy atom. The molecular formula is C17H22O10. The highest BCUT2D eigenvalue weighted by molar-refractivity contribution is 5.73. The van der Waals surface area contributed by atoms with Gasteiger partial charge in [-0.1, -0.05) is 0 Å². The van der Waals surface area contributed by atoms with Crippen molar-refractivity contribution in [3.63, 3.8) is 0 Å². The molecule has 6 atom stereocenters. The summed E-state index contributed by atoms with van der Waals surface area (Å²) in [6, 6.07) is 2.44. The number of aliphatic carboxylic acids is 1. The first-order valence-corrected chi connectivity index (χ1v) is 8.33. The molecule has 0 amide bonds. The maximum atomic E-state index is 11.2. The van der Waals surface area contributed by atoms with Crippen LogP contribution in [-0.2, 0) is 9.53 Å². The number of phenolic OH excluding ortho intramolecular Hbond substituents is 1. The molecule has 0 aliphatic carbocycles. The van der Waals surface area contributed by atoms with Crippen molar-refractivity contribution in [3.8, 4) is 17.2 Å². The van der Waals surface area contributed by atoms with Crippen LogP contribution < -0.4 is 9.47 Å². The molecule has 0 bridgehead atoms. The Balaban J connectivity index is 1.94. The number of aromatic hydroxyl groups is 1. The standard InChI is InChI=1S/C17H22O10/c1-17(2)5-7(19)10-8(3-6(18)4-9(10)27-17)25-16-13(22)11(20)12(21)14(26-16)15(23)24/h3-4,7,11-14,16,18-22H,5H2,1-2H3,(H,23,24). The zero-order valence-corrected chi connectivity index (χ0v) is 14.6. The molecule has 10 heteroatoms. The van der Waals surface area contributed by atoms with Crippen molar-refractivity contribution in [1.29, 1.82) is 0 Å². The molecule has 1 fully saturated rings. The number of fused-ring (bicyclic) bond motifs is 1. The average molecular weight is 386 g/mol. The molecule has 1 aromatic carbocycles. The Morgan fingerprint density at radius 1 is 1.15 bits per heavy atom. The zero-order valence-electron chi connectivity index (χ0n) is 14.6. The second-order valence-electron chi connectivity index (χ2n) is 7.29. The van der Waals surface area contributed by atoms with Crippen molar-refractivity contribution in [2.45, 2.75) is 62.7 Å². The van der Waals surface area contributed by atoms with Crippen molar-refractivity contribution < 1.29 is 49.6 Å². The minimum absolute atomic E-state index is 0.107. The summed E-state index contributed by atoms with van der Waals surface area (Å²) in [6.07, 6.45) is -9.77. The second kappa shape index (κ2) is 6.80. The van der Waals surface area contributed by atoms with Crippen LogP contribution >= 0.6 is 0 Å². The molecule has 0 aromatic heterocycles. The first-order valence-electron chi connectivity index (χ1n) is 8.33. The van der Waals surface area contributed by atoms with E-state index in [1.807, 2.05) is 0 Å². The Morgan fingerprint density at radius 2 is 1.81 bits per heavy atom. The lowest BCUT2D eigenvalue weighted by Crippen LogP contribution is -2.61. The summed E-state index contributed by atoms with van der Waals surface area (Å²) in [4.78, 5) is 11.2. The van der Waals surface area contributed by atoms with Crippen LogP contribution in [0.1, 0.15) is 31.9 Å². The van der Waals surface area contributed by atoms with E-state index in [9.17, 15) is 30.3 Å². The fourth-order valence-corrected chi connectivity index (χ4v) is 3.28. The highest BCUT2D eigenvalue weighted by Gasteiger charge is 2.48. The number of benzene rings is 1. The quantitative estimate of drug-likeness (QED) is 0.389. The largest absolute Gasteiger partial charge is 0.508 e. The molecule has 10 nitrogen and oxygen atoms in total. The summed E-state index contributed by atoms with van der Waals surface area (Å²) in [6.45, 7) is 3.51. The molecule has 1 saturated heterocycles. The molecule has 2 aliphatic heterocycles. The maximum absolute atomic E-state index is 11.2. The Hall–Kier alpha value is -2.11. The summed E-state index contributed by atoms with van der Waals surface area (Å²) in [5.74, 6) is -1.75. The topological polar surface area (TPSA) is 166 Å². The highest BCUT2D eigenvalue weighted by atomic mass is 16.7. The molecule has 150 valence electrons. The lowest BCUT2D eigenvalue weighted by Gasteiger charge is -2.40. The SMILES string of the molecule is CC1(C)CC(O)c2c(OC3OC(C(=O)O)C(O)C(O)C3O)cc(O)cc2O1. The van der Waals surface area contributed by atoms with Gasteiger partial charge >= 0.3 is 5.97 Å². The Bertz CT molecular complexity index is 733. The van der Waals surface area contributed by atoms with E-state index in [1.165, 1.54) is 6.07 Å². The van der Waals surface area contributed by atoms with Gasteiger partial charge in [0.05, 0.1) is 11.7 Å². The van der Waals surface area contributed by atoms with Crippen LogP contribution in [0.3, 0.4) is 0 Å². The number of hydrogen-bond acceptors (Lipinski definition) is 9. The first kappa shape index (κ1) is 19.6. The molecular weight excluding hydrogens is 364 g/mol. The predicted octanol–water partition coefficient (Wildman–Crippen LogP) is -0.742. The minimum atomic E-state index is -1.86. The highest BCUT2D eigenvalue weighted by Crippen LogP contribution is 2.46. The molecule has 2 heterocycles. The molecule has 0 radical (unpaired) electrons. The van der Waals surface area contributed by atoms with Crippen LogP contribution in [0.15, 0.2) is 12.1 Å². The van der Waals surface area contributed by atoms with E-state index in [4.69, 9.17) is 19.3 Å². The van der Waals surface area contributed by atoms with E-state index < -0.39 is 48.4 Å². The van der Waals surface area contributed by atoms with Gasteiger partial charge in [-0.15, -0.1) is 0 Å². The van der Waals surface area contributed by atoms with E-state index in [1.54, 1.807) is 13.8 Å². The molecule has 1 aromatic rings. The Kier molecular flexibility index (Phi) is 4.95. The molecule has 2 aliphatic rings. The maximum Gasteiger partial charge on any atom is 0.335 e. The molecule has 0 spiro atoms. The molecule has 3 rings (SSSR count). The van der Waals surface area contributed by atoms with E-state index in [-0.39, 0.29) is 29.2 Å². The number of aliphatic hydroxyl groups excluding tert-OH is 4. The first-order chi connectivity index (χ1) is 12.5. The molecule has 6 unspecified atom stereocenters. The zero-order chi connectivity index (χ0) is 20.1. The summed E-state index contributed by atoms with van der Waals surface area (Å²) in [7, 11) is 0. The van der Waals surface area contributed by atoms with Crippen LogP contribution in [0.2, 0.25) is 0 Å². The van der Waals surface area contributed by atoms with Crippen molar-refractivity contribution in [2.75, 3.05) is 0 Å². The average Bonchev–Trinajstić information content (AvgIpc) is 2.52. The van der Waals surface area contributed by atoms with Crippen LogP contribution in [0.25, 0.3) is 0 Å². The molecule has 27 heavy (non-hydrogen) atoms. The summed E-state index contributed by atoms with van der Waals surface area (Å²) in [5, 5.41) is 59.2. The van der Waals surface area contributed by atoms with Gasteiger partial charge in [-0.2, -0.15) is 0 Å². The third-order valence-corrected chi connectivity index (χ3v) is 4.55. The van der Waals surface area contributed by atoms with Crippen molar-refractivity contribution >= 4 is 5.97 Å². The van der Waals surface area contributed by atoms with Gasteiger partial charge in [-0.3, -0.25) is 0 Å². The van der Waals surface area contributed by atoms with E-state index in [0.29, 0.717) is 0 Å². The van der Waals surface area contributed by atoms with Gasteiger partial charge in [0.1, 0.15) is 41.2 Å². The van der Waals surface area contributed by atoms with E-state index in [2.05, 4.69) is 0 Å². The third kappa shape index (κ3) is 3.66. The fraction of sp³-hybridized carbons (Fsp3) is 0.588. The van der Waals surface area contributed by atoms with Gasteiger partial charge in [-0.05, 0) is 13.8 Å². The number of hydrogen-bond donors (Lipinski definition) is 6. The van der Waals surface area contributed by atoms with Crippen LogP contribution in [0.5, 0.6) is 17.2 Å². The second-order valence-corrected chi connectivity index (χ2v) is 7.29. The van der Waals surface area contributed by atoms with Crippen molar-refractivity contribution in [1.82, 2.24) is 0 Å². The third-order valence-electron chi connectivity index (χ3n) is 4.55. The van der Waals surface area contributed by atoms with Crippen LogP contribution in [0.4, 0.5) is 0 Å². The monoisotopic (exact) mass is 386 g/mol. The summed E-state index contributed by atoms with van der Waals surface area (Å²) >= 11 is 0. The van der Waals surface area contributed by atoms with E-state index in [0.717, 1.165) is 6.07 Å². The lowest BCUT2D eigenvalue weighted by atomic mass is 9.91. The summed E-state index contributed by atoms with van der Waals surface area (Å²) < 4.78 is 16.3. The van der Waals surface area contributed by atoms with E-state index >= 15 is 0 Å². The predicted molar refractivity (Wildman–Crippen MR) is 87.3 cm³/mol. The number of carboxylic acid groups (broad SMARTS) is 1.